The van der Waals surface area contributed by atoms with Crippen LogP contribution < -0.4 is 15.0 Å². The van der Waals surface area contributed by atoms with Gasteiger partial charge in [0.15, 0.2) is 6.61 Å². The van der Waals surface area contributed by atoms with Crippen LogP contribution >= 0.6 is 11.6 Å². The van der Waals surface area contributed by atoms with E-state index in [1.165, 1.54) is 0 Å². The fraction of sp³-hybridized carbons (Fsp3) is 0.273. The molecule has 0 unspecified atom stereocenters. The van der Waals surface area contributed by atoms with Crippen molar-refractivity contribution in [3.8, 4) is 5.75 Å². The van der Waals surface area contributed by atoms with E-state index in [1.54, 1.807) is 24.3 Å². The molecular formula is C22H22ClN3O3. The number of fused-ring (bicyclic) bond motifs is 1. The molecule has 4 rings (SSSR count). The number of carbonyl (C=O) groups is 1. The van der Waals surface area contributed by atoms with Gasteiger partial charge < -0.3 is 19.7 Å². The molecule has 6 nitrogen and oxygen atoms in total. The quantitative estimate of drug-likeness (QED) is 0.686. The fourth-order valence-electron chi connectivity index (χ4n) is 3.29. The molecule has 2 heterocycles. The molecule has 0 spiro atoms. The van der Waals surface area contributed by atoms with Crippen LogP contribution in [0.25, 0.3) is 10.9 Å². The van der Waals surface area contributed by atoms with Gasteiger partial charge in [-0.2, -0.15) is 0 Å². The highest BCUT2D eigenvalue weighted by atomic mass is 35.5. The van der Waals surface area contributed by atoms with Crippen molar-refractivity contribution < 1.29 is 14.3 Å². The lowest BCUT2D eigenvalue weighted by molar-refractivity contribution is -0.118. The van der Waals surface area contributed by atoms with E-state index in [0.29, 0.717) is 16.5 Å². The second-order valence-electron chi connectivity index (χ2n) is 6.92. The van der Waals surface area contributed by atoms with Crippen LogP contribution in [0.2, 0.25) is 5.02 Å². The number of nitrogens with zero attached hydrogens (tertiary/aromatic N) is 2. The summed E-state index contributed by atoms with van der Waals surface area (Å²) in [5, 5.41) is 4.51. The van der Waals surface area contributed by atoms with Gasteiger partial charge in [-0.25, -0.2) is 4.98 Å². The van der Waals surface area contributed by atoms with Gasteiger partial charge in [0, 0.05) is 29.2 Å². The van der Waals surface area contributed by atoms with Crippen molar-refractivity contribution in [2.45, 2.75) is 6.92 Å². The van der Waals surface area contributed by atoms with Crippen molar-refractivity contribution in [3.05, 3.63) is 59.1 Å². The second-order valence-corrected chi connectivity index (χ2v) is 7.36. The molecule has 0 saturated carbocycles. The summed E-state index contributed by atoms with van der Waals surface area (Å²) in [6.07, 6.45) is 0. The predicted molar refractivity (Wildman–Crippen MR) is 115 cm³/mol. The van der Waals surface area contributed by atoms with Crippen LogP contribution in [0.15, 0.2) is 48.5 Å². The van der Waals surface area contributed by atoms with Crippen LogP contribution in [0.1, 0.15) is 5.56 Å². The number of carbonyl (C=O) groups excluding carboxylic acids is 1. The Kier molecular flexibility index (Phi) is 5.83. The molecule has 1 aliphatic heterocycles. The third-order valence-corrected chi connectivity index (χ3v) is 5.06. The fourth-order valence-corrected chi connectivity index (χ4v) is 3.41. The molecule has 1 aromatic heterocycles. The number of morpholine rings is 1. The van der Waals surface area contributed by atoms with Crippen LogP contribution in [-0.2, 0) is 9.53 Å². The average molecular weight is 412 g/mol. The zero-order valence-corrected chi connectivity index (χ0v) is 16.9. The summed E-state index contributed by atoms with van der Waals surface area (Å²) >= 11 is 5.85. The Bertz CT molecular complexity index is 1020. The zero-order chi connectivity index (χ0) is 20.2. The number of rotatable bonds is 5. The summed E-state index contributed by atoms with van der Waals surface area (Å²) in [6, 6.07) is 14.7. The maximum Gasteiger partial charge on any atom is 0.262 e. The molecule has 1 N–H and O–H groups in total. The summed E-state index contributed by atoms with van der Waals surface area (Å²) in [6.45, 7) is 5.12. The van der Waals surface area contributed by atoms with E-state index in [1.807, 2.05) is 18.2 Å². The monoisotopic (exact) mass is 411 g/mol. The minimum atomic E-state index is -0.227. The maximum absolute atomic E-state index is 12.2. The van der Waals surface area contributed by atoms with E-state index in [9.17, 15) is 4.79 Å². The van der Waals surface area contributed by atoms with E-state index in [-0.39, 0.29) is 12.5 Å². The topological polar surface area (TPSA) is 63.7 Å². The Labute approximate surface area is 174 Å². The SMILES string of the molecule is Cc1cc(N2CCOCC2)nc2ccc(NC(=O)COc3ccc(Cl)cc3)cc12. The number of hydrogen-bond donors (Lipinski definition) is 1. The molecule has 150 valence electrons. The van der Waals surface area contributed by atoms with Crippen molar-refractivity contribution in [1.29, 1.82) is 0 Å². The molecule has 7 heteroatoms. The number of hydrogen-bond acceptors (Lipinski definition) is 5. The summed E-state index contributed by atoms with van der Waals surface area (Å²) in [7, 11) is 0. The Hall–Kier alpha value is -2.83. The first-order valence-electron chi connectivity index (χ1n) is 9.51. The highest BCUT2D eigenvalue weighted by molar-refractivity contribution is 6.30. The number of amides is 1. The van der Waals surface area contributed by atoms with E-state index in [2.05, 4.69) is 23.2 Å². The van der Waals surface area contributed by atoms with Gasteiger partial charge in [-0.15, -0.1) is 0 Å². The van der Waals surface area contributed by atoms with Gasteiger partial charge in [-0.05, 0) is 61.0 Å². The van der Waals surface area contributed by atoms with Gasteiger partial charge in [-0.1, -0.05) is 11.6 Å². The Balaban J connectivity index is 1.44. The maximum atomic E-state index is 12.2. The van der Waals surface area contributed by atoms with Crippen molar-refractivity contribution in [2.24, 2.45) is 0 Å². The standard InChI is InChI=1S/C22H22ClN3O3/c1-15-12-21(26-8-10-28-11-9-26)25-20-7-4-17(13-19(15)20)24-22(27)14-29-18-5-2-16(23)3-6-18/h2-7,12-13H,8-11,14H2,1H3,(H,24,27). The molecule has 0 bridgehead atoms. The van der Waals surface area contributed by atoms with Crippen molar-refractivity contribution in [3.63, 3.8) is 0 Å². The minimum absolute atomic E-state index is 0.0765. The molecule has 1 aliphatic rings. The molecule has 2 aromatic carbocycles. The van der Waals surface area contributed by atoms with E-state index < -0.39 is 0 Å². The third kappa shape index (κ3) is 4.78. The van der Waals surface area contributed by atoms with Gasteiger partial charge in [0.05, 0.1) is 18.7 Å². The van der Waals surface area contributed by atoms with E-state index >= 15 is 0 Å². The van der Waals surface area contributed by atoms with Crippen LogP contribution in [0.5, 0.6) is 5.75 Å². The van der Waals surface area contributed by atoms with E-state index in [0.717, 1.165) is 48.6 Å². The first kappa shape index (κ1) is 19.5. The van der Waals surface area contributed by atoms with Gasteiger partial charge in [0.25, 0.3) is 5.91 Å². The number of pyridine rings is 1. The number of nitrogens with one attached hydrogen (secondary N) is 1. The molecule has 1 amide bonds. The smallest absolute Gasteiger partial charge is 0.262 e. The molecule has 0 atom stereocenters. The highest BCUT2D eigenvalue weighted by Gasteiger charge is 2.14. The first-order chi connectivity index (χ1) is 14.1. The molecule has 0 aliphatic carbocycles. The lowest BCUT2D eigenvalue weighted by Crippen LogP contribution is -2.36. The summed E-state index contributed by atoms with van der Waals surface area (Å²) in [5.74, 6) is 1.33. The second kappa shape index (κ2) is 8.68. The zero-order valence-electron chi connectivity index (χ0n) is 16.2. The van der Waals surface area contributed by atoms with Crippen molar-refractivity contribution >= 4 is 39.9 Å². The van der Waals surface area contributed by atoms with Crippen LogP contribution in [0, 0.1) is 6.92 Å². The number of aryl methyl sites for hydroxylation is 1. The first-order valence-corrected chi connectivity index (χ1v) is 9.88. The molecule has 29 heavy (non-hydrogen) atoms. The Morgan fingerprint density at radius 2 is 1.93 bits per heavy atom. The third-order valence-electron chi connectivity index (χ3n) is 4.80. The van der Waals surface area contributed by atoms with Crippen LogP contribution in [0.3, 0.4) is 0 Å². The van der Waals surface area contributed by atoms with Crippen molar-refractivity contribution in [2.75, 3.05) is 43.1 Å². The predicted octanol–water partition coefficient (Wildman–Crippen LogP) is 4.05. The normalized spacial score (nSPS) is 14.1. The largest absolute Gasteiger partial charge is 0.484 e. The van der Waals surface area contributed by atoms with Crippen LogP contribution in [0.4, 0.5) is 11.5 Å². The van der Waals surface area contributed by atoms with Gasteiger partial charge in [0.2, 0.25) is 0 Å². The number of anilines is 2. The molecule has 3 aromatic rings. The molecule has 0 radical (unpaired) electrons. The Morgan fingerprint density at radius 3 is 2.69 bits per heavy atom. The molecular weight excluding hydrogens is 390 g/mol. The van der Waals surface area contributed by atoms with Gasteiger partial charge in [-0.3, -0.25) is 4.79 Å². The minimum Gasteiger partial charge on any atom is -0.484 e. The number of aromatic nitrogens is 1. The number of benzene rings is 2. The summed E-state index contributed by atoms with van der Waals surface area (Å²) in [4.78, 5) is 19.3. The Morgan fingerprint density at radius 1 is 1.17 bits per heavy atom. The summed E-state index contributed by atoms with van der Waals surface area (Å²) in [5.41, 5.74) is 2.73. The lowest BCUT2D eigenvalue weighted by Gasteiger charge is -2.28. The molecule has 1 fully saturated rings. The van der Waals surface area contributed by atoms with Gasteiger partial charge in [0.1, 0.15) is 11.6 Å². The highest BCUT2D eigenvalue weighted by Crippen LogP contribution is 2.26. The van der Waals surface area contributed by atoms with Gasteiger partial charge >= 0.3 is 0 Å². The molecule has 1 saturated heterocycles. The van der Waals surface area contributed by atoms with Crippen molar-refractivity contribution in [1.82, 2.24) is 4.98 Å². The number of halogens is 1. The van der Waals surface area contributed by atoms with Crippen LogP contribution in [-0.4, -0.2) is 43.8 Å². The van der Waals surface area contributed by atoms with E-state index in [4.69, 9.17) is 26.1 Å². The summed E-state index contributed by atoms with van der Waals surface area (Å²) < 4.78 is 10.9. The average Bonchev–Trinajstić information content (AvgIpc) is 2.74. The number of ether oxygens (including phenoxy) is 2. The lowest BCUT2D eigenvalue weighted by atomic mass is 10.1.